The predicted octanol–water partition coefficient (Wildman–Crippen LogP) is 3.98. The summed E-state index contributed by atoms with van der Waals surface area (Å²) in [4.78, 5) is 9.32. The molecule has 7 heteroatoms. The molecule has 4 heterocycles. The van der Waals surface area contributed by atoms with Crippen LogP contribution in [0.3, 0.4) is 0 Å². The van der Waals surface area contributed by atoms with Crippen molar-refractivity contribution in [2.24, 2.45) is 0 Å². The number of fused-ring (bicyclic) bond motifs is 4. The van der Waals surface area contributed by atoms with Gasteiger partial charge in [-0.2, -0.15) is 4.98 Å². The van der Waals surface area contributed by atoms with E-state index in [2.05, 4.69) is 34.2 Å². The molecule has 0 radical (unpaired) electrons. The standard InChI is InChI=1S/C23H25FN4O2/c1-14-12-28(8-9-29-14)23-26-21-11-16(3-5-22(21)30-23)27-7-6-19-18(13-27)17-4-2-15(24)10-20(17)25-19/h2-5,10-11,14,18-19,25H,6-9,12-13H2,1H3/t14-,18?,19?/m0/s1. The summed E-state index contributed by atoms with van der Waals surface area (Å²) in [7, 11) is 0. The van der Waals surface area contributed by atoms with Crippen molar-refractivity contribution in [1.82, 2.24) is 4.98 Å². The summed E-state index contributed by atoms with van der Waals surface area (Å²) in [5, 5.41) is 3.51. The average molecular weight is 408 g/mol. The number of rotatable bonds is 2. The van der Waals surface area contributed by atoms with Gasteiger partial charge in [0.1, 0.15) is 11.3 Å². The molecular formula is C23H25FN4O2. The number of nitrogens with one attached hydrogen (secondary N) is 1. The van der Waals surface area contributed by atoms with Crippen molar-refractivity contribution >= 4 is 28.5 Å². The number of benzene rings is 2. The van der Waals surface area contributed by atoms with Crippen LogP contribution in [0.5, 0.6) is 0 Å². The highest BCUT2D eigenvalue weighted by molar-refractivity contribution is 5.79. The number of hydrogen-bond donors (Lipinski definition) is 1. The number of nitrogens with zero attached hydrogens (tertiary/aromatic N) is 3. The van der Waals surface area contributed by atoms with Crippen LogP contribution in [0.4, 0.5) is 21.8 Å². The quantitative estimate of drug-likeness (QED) is 0.692. The molecule has 6 nitrogen and oxygen atoms in total. The zero-order chi connectivity index (χ0) is 20.2. The number of piperidine rings is 1. The van der Waals surface area contributed by atoms with Crippen molar-refractivity contribution < 1.29 is 13.5 Å². The summed E-state index contributed by atoms with van der Waals surface area (Å²) in [5.41, 5.74) is 5.02. The maximum absolute atomic E-state index is 13.6. The van der Waals surface area contributed by atoms with Gasteiger partial charge in [0, 0.05) is 49.5 Å². The number of anilines is 3. The molecular weight excluding hydrogens is 383 g/mol. The molecule has 3 aliphatic heterocycles. The Morgan fingerprint density at radius 2 is 2.03 bits per heavy atom. The molecule has 0 bridgehead atoms. The number of ether oxygens (including phenoxy) is 1. The van der Waals surface area contributed by atoms with Gasteiger partial charge in [0.05, 0.1) is 12.7 Å². The molecule has 30 heavy (non-hydrogen) atoms. The maximum Gasteiger partial charge on any atom is 0.298 e. The van der Waals surface area contributed by atoms with E-state index in [4.69, 9.17) is 14.1 Å². The van der Waals surface area contributed by atoms with E-state index in [0.717, 1.165) is 55.1 Å². The van der Waals surface area contributed by atoms with Crippen molar-refractivity contribution in [2.45, 2.75) is 31.4 Å². The highest BCUT2D eigenvalue weighted by Crippen LogP contribution is 2.41. The minimum atomic E-state index is -0.182. The lowest BCUT2D eigenvalue weighted by atomic mass is 9.89. The van der Waals surface area contributed by atoms with Crippen molar-refractivity contribution in [2.75, 3.05) is 47.9 Å². The summed E-state index contributed by atoms with van der Waals surface area (Å²) in [6.45, 7) is 6.23. The maximum atomic E-state index is 13.6. The van der Waals surface area contributed by atoms with Crippen LogP contribution in [0.25, 0.3) is 11.1 Å². The molecule has 2 unspecified atom stereocenters. The molecule has 0 aliphatic carbocycles. The second-order valence-corrected chi connectivity index (χ2v) is 8.60. The van der Waals surface area contributed by atoms with E-state index in [0.29, 0.717) is 24.6 Å². The third kappa shape index (κ3) is 2.99. The zero-order valence-electron chi connectivity index (χ0n) is 17.0. The van der Waals surface area contributed by atoms with Crippen molar-refractivity contribution in [1.29, 1.82) is 0 Å². The molecule has 0 amide bonds. The molecule has 2 fully saturated rings. The van der Waals surface area contributed by atoms with Crippen LogP contribution in [-0.2, 0) is 4.74 Å². The van der Waals surface area contributed by atoms with Crippen LogP contribution in [0.1, 0.15) is 24.8 Å². The fourth-order valence-corrected chi connectivity index (χ4v) is 5.08. The topological polar surface area (TPSA) is 53.8 Å². The molecule has 1 N–H and O–H groups in total. The molecule has 0 saturated carbocycles. The van der Waals surface area contributed by atoms with Gasteiger partial charge in [-0.1, -0.05) is 6.07 Å². The van der Waals surface area contributed by atoms with E-state index >= 15 is 0 Å². The molecule has 3 atom stereocenters. The number of aromatic nitrogens is 1. The Morgan fingerprint density at radius 3 is 2.93 bits per heavy atom. The molecule has 6 rings (SSSR count). The minimum Gasteiger partial charge on any atom is -0.423 e. The predicted molar refractivity (Wildman–Crippen MR) is 115 cm³/mol. The summed E-state index contributed by atoms with van der Waals surface area (Å²) in [5.74, 6) is 0.187. The van der Waals surface area contributed by atoms with Gasteiger partial charge in [0.15, 0.2) is 5.58 Å². The molecule has 2 saturated heterocycles. The first-order valence-electron chi connectivity index (χ1n) is 10.7. The summed E-state index contributed by atoms with van der Waals surface area (Å²) in [6.07, 6.45) is 1.20. The van der Waals surface area contributed by atoms with E-state index in [1.54, 1.807) is 12.1 Å². The lowest BCUT2D eigenvalue weighted by Gasteiger charge is -2.36. The summed E-state index contributed by atoms with van der Waals surface area (Å²) < 4.78 is 25.3. The largest absolute Gasteiger partial charge is 0.423 e. The third-order valence-electron chi connectivity index (χ3n) is 6.61. The molecule has 2 aromatic carbocycles. The van der Waals surface area contributed by atoms with Crippen LogP contribution in [0.2, 0.25) is 0 Å². The smallest absolute Gasteiger partial charge is 0.298 e. The van der Waals surface area contributed by atoms with Gasteiger partial charge in [-0.15, -0.1) is 0 Å². The Balaban J connectivity index is 1.25. The van der Waals surface area contributed by atoms with Crippen molar-refractivity contribution in [3.63, 3.8) is 0 Å². The Hall–Kier alpha value is -2.80. The Kier molecular flexibility index (Phi) is 4.13. The normalized spacial score (nSPS) is 25.9. The van der Waals surface area contributed by atoms with Gasteiger partial charge in [0.2, 0.25) is 0 Å². The second kappa shape index (κ2) is 6.87. The van der Waals surface area contributed by atoms with Crippen LogP contribution in [0, 0.1) is 5.82 Å². The molecule has 3 aliphatic rings. The van der Waals surface area contributed by atoms with Crippen LogP contribution >= 0.6 is 0 Å². The minimum absolute atomic E-state index is 0.182. The highest BCUT2D eigenvalue weighted by atomic mass is 19.1. The lowest BCUT2D eigenvalue weighted by Crippen LogP contribution is -2.42. The van der Waals surface area contributed by atoms with E-state index in [9.17, 15) is 4.39 Å². The van der Waals surface area contributed by atoms with E-state index in [1.807, 2.05) is 12.1 Å². The van der Waals surface area contributed by atoms with Gasteiger partial charge in [-0.05, 0) is 49.2 Å². The van der Waals surface area contributed by atoms with E-state index in [-0.39, 0.29) is 11.9 Å². The fraction of sp³-hybridized carbons (Fsp3) is 0.435. The van der Waals surface area contributed by atoms with Crippen molar-refractivity contribution in [3.05, 3.63) is 47.8 Å². The van der Waals surface area contributed by atoms with Crippen LogP contribution in [-0.4, -0.2) is 49.9 Å². The molecule has 1 aromatic heterocycles. The molecule has 3 aromatic rings. The van der Waals surface area contributed by atoms with Gasteiger partial charge in [-0.3, -0.25) is 0 Å². The van der Waals surface area contributed by atoms with Crippen molar-refractivity contribution in [3.8, 4) is 0 Å². The Bertz CT molecular complexity index is 1100. The number of halogens is 1. The number of oxazole rings is 1. The molecule has 156 valence electrons. The van der Waals surface area contributed by atoms with E-state index in [1.165, 1.54) is 5.56 Å². The Morgan fingerprint density at radius 1 is 1.10 bits per heavy atom. The highest BCUT2D eigenvalue weighted by Gasteiger charge is 2.37. The van der Waals surface area contributed by atoms with Gasteiger partial charge in [-0.25, -0.2) is 4.39 Å². The van der Waals surface area contributed by atoms with Gasteiger partial charge >= 0.3 is 0 Å². The second-order valence-electron chi connectivity index (χ2n) is 8.60. The fourth-order valence-electron chi connectivity index (χ4n) is 5.08. The number of hydrogen-bond acceptors (Lipinski definition) is 6. The lowest BCUT2D eigenvalue weighted by molar-refractivity contribution is 0.0515. The number of morpholine rings is 1. The monoisotopic (exact) mass is 408 g/mol. The average Bonchev–Trinajstić information content (AvgIpc) is 3.33. The first kappa shape index (κ1) is 18.0. The Labute approximate surface area is 174 Å². The summed E-state index contributed by atoms with van der Waals surface area (Å²) in [6, 6.07) is 12.4. The van der Waals surface area contributed by atoms with E-state index < -0.39 is 0 Å². The first-order chi connectivity index (χ1) is 14.6. The first-order valence-corrected chi connectivity index (χ1v) is 10.7. The van der Waals surface area contributed by atoms with Gasteiger partial charge < -0.3 is 24.3 Å². The van der Waals surface area contributed by atoms with Crippen LogP contribution < -0.4 is 15.1 Å². The SMILES string of the molecule is C[C@H]1CN(c2nc3cc(N4CCC5Nc6cc(F)ccc6C5C4)ccc3o2)CCO1. The zero-order valence-corrected chi connectivity index (χ0v) is 17.0. The van der Waals surface area contributed by atoms with Crippen LogP contribution in [0.15, 0.2) is 40.8 Å². The third-order valence-corrected chi connectivity index (χ3v) is 6.61. The van der Waals surface area contributed by atoms with Gasteiger partial charge in [0.25, 0.3) is 6.01 Å². The molecule has 0 spiro atoms. The summed E-state index contributed by atoms with van der Waals surface area (Å²) >= 11 is 0.